The fraction of sp³-hybridized carbons (Fsp3) is 0.441. The number of hydrogen-bond donors (Lipinski definition) is 1. The zero-order chi connectivity index (χ0) is 31.4. The number of carbonyl (C=O) groups is 1. The van der Waals surface area contributed by atoms with Gasteiger partial charge >= 0.3 is 7.60 Å². The van der Waals surface area contributed by atoms with E-state index in [-0.39, 0.29) is 39.6 Å². The molecule has 1 saturated heterocycles. The summed E-state index contributed by atoms with van der Waals surface area (Å²) in [6.07, 6.45) is -2.58. The van der Waals surface area contributed by atoms with Gasteiger partial charge in [-0.15, -0.1) is 0 Å². The highest BCUT2D eigenvalue weighted by atomic mass is 31.2. The summed E-state index contributed by atoms with van der Waals surface area (Å²) in [5.74, 6) is -0.491. The van der Waals surface area contributed by atoms with Crippen molar-refractivity contribution in [1.29, 1.82) is 0 Å². The molecule has 4 rings (SSSR count). The third-order valence-corrected chi connectivity index (χ3v) is 9.68. The minimum Gasteiger partial charge on any atom is -0.394 e. The van der Waals surface area contributed by atoms with Gasteiger partial charge in [-0.25, -0.2) is 0 Å². The van der Waals surface area contributed by atoms with Crippen molar-refractivity contribution >= 4 is 13.5 Å². The van der Waals surface area contributed by atoms with Gasteiger partial charge in [-0.1, -0.05) is 91.0 Å². The molecule has 1 fully saturated rings. The summed E-state index contributed by atoms with van der Waals surface area (Å²) in [5, 5.41) is 10.9. The second-order valence-electron chi connectivity index (χ2n) is 10.9. The summed E-state index contributed by atoms with van der Waals surface area (Å²) >= 11 is 0. The summed E-state index contributed by atoms with van der Waals surface area (Å²) in [5.41, 5.74) is 1.61. The Labute approximate surface area is 260 Å². The summed E-state index contributed by atoms with van der Waals surface area (Å²) in [6, 6.07) is 29.2. The Balaban J connectivity index is 1.70. The molecule has 1 heterocycles. The molecule has 0 aliphatic carbocycles. The number of ether oxygens (including phenoxy) is 3. The first-order valence-electron chi connectivity index (χ1n) is 15.1. The summed E-state index contributed by atoms with van der Waals surface area (Å²) in [7, 11) is -3.73. The lowest BCUT2D eigenvalue weighted by Gasteiger charge is -2.54. The minimum atomic E-state index is -3.73. The largest absolute Gasteiger partial charge is 0.394 e. The number of carbonyl (C=O) groups excluding carboxylic acids is 1. The van der Waals surface area contributed by atoms with E-state index in [9.17, 15) is 14.5 Å². The zero-order valence-electron chi connectivity index (χ0n) is 25.7. The smallest absolute Gasteiger partial charge is 0.340 e. The maximum atomic E-state index is 14.0. The van der Waals surface area contributed by atoms with E-state index < -0.39 is 50.1 Å². The second-order valence-corrected chi connectivity index (χ2v) is 13.0. The fourth-order valence-electron chi connectivity index (χ4n) is 5.45. The highest BCUT2D eigenvalue weighted by Gasteiger charge is 2.55. The molecule has 0 radical (unpaired) electrons. The number of likely N-dealkylation sites (tertiary alicyclic amines) is 1. The lowest BCUT2D eigenvalue weighted by Crippen LogP contribution is -2.72. The van der Waals surface area contributed by atoms with Crippen LogP contribution in [-0.2, 0) is 52.4 Å². The van der Waals surface area contributed by atoms with Gasteiger partial charge in [-0.2, -0.15) is 0 Å². The van der Waals surface area contributed by atoms with Gasteiger partial charge in [0.25, 0.3) is 0 Å². The van der Waals surface area contributed by atoms with Gasteiger partial charge in [-0.3, -0.25) is 9.36 Å². The van der Waals surface area contributed by atoms with Crippen LogP contribution in [0.15, 0.2) is 91.0 Å². The first-order valence-corrected chi connectivity index (χ1v) is 16.8. The predicted octanol–water partition coefficient (Wildman–Crippen LogP) is 5.60. The molecule has 44 heavy (non-hydrogen) atoms. The van der Waals surface area contributed by atoms with Crippen LogP contribution in [0.25, 0.3) is 0 Å². The molecular formula is C34H44NO8P. The molecule has 3 aromatic carbocycles. The van der Waals surface area contributed by atoms with Crippen LogP contribution in [-0.4, -0.2) is 72.3 Å². The molecule has 0 bridgehead atoms. The average Bonchev–Trinajstić information content (AvgIpc) is 3.04. The van der Waals surface area contributed by atoms with E-state index in [0.29, 0.717) is 0 Å². The number of aliphatic hydroxyl groups is 1. The van der Waals surface area contributed by atoms with E-state index in [4.69, 9.17) is 23.3 Å². The van der Waals surface area contributed by atoms with Crippen LogP contribution in [0.5, 0.6) is 0 Å². The molecule has 238 valence electrons. The van der Waals surface area contributed by atoms with Gasteiger partial charge in [0.2, 0.25) is 5.91 Å². The molecule has 0 aromatic heterocycles. The van der Waals surface area contributed by atoms with Crippen molar-refractivity contribution in [1.82, 2.24) is 4.90 Å². The van der Waals surface area contributed by atoms with Crippen molar-refractivity contribution in [2.75, 3.05) is 32.5 Å². The Bertz CT molecular complexity index is 1320. The Hall–Kier alpha value is -2.88. The maximum Gasteiger partial charge on any atom is 0.340 e. The van der Waals surface area contributed by atoms with Gasteiger partial charge in [0.05, 0.1) is 51.7 Å². The van der Waals surface area contributed by atoms with E-state index in [2.05, 4.69) is 0 Å². The van der Waals surface area contributed by atoms with Crippen LogP contribution >= 0.6 is 7.60 Å². The van der Waals surface area contributed by atoms with Crippen molar-refractivity contribution in [3.8, 4) is 0 Å². The highest BCUT2D eigenvalue weighted by Crippen LogP contribution is 2.49. The number of rotatable bonds is 16. The first-order chi connectivity index (χ1) is 21.3. The molecular weight excluding hydrogens is 581 g/mol. The van der Waals surface area contributed by atoms with Crippen molar-refractivity contribution in [2.24, 2.45) is 0 Å². The third-order valence-electron chi connectivity index (χ3n) is 7.72. The monoisotopic (exact) mass is 625 g/mol. The number of hydrogen-bond acceptors (Lipinski definition) is 8. The number of nitrogens with zero attached hydrogens (tertiary/aromatic N) is 1. The second kappa shape index (κ2) is 16.4. The van der Waals surface area contributed by atoms with Crippen LogP contribution in [0, 0.1) is 0 Å². The van der Waals surface area contributed by atoms with Gasteiger partial charge in [0.1, 0.15) is 24.5 Å². The summed E-state index contributed by atoms with van der Waals surface area (Å²) in [4.78, 5) is 15.5. The Morgan fingerprint density at radius 3 is 1.70 bits per heavy atom. The number of aliphatic hydroxyl groups excluding tert-OH is 1. The predicted molar refractivity (Wildman–Crippen MR) is 168 cm³/mol. The van der Waals surface area contributed by atoms with Crippen LogP contribution in [0.4, 0.5) is 0 Å². The standard InChI is InChI=1S/C34H44NO8P/c1-4-42-44(38,43-5-2)25-31(37)35-21-30(39-22-27-15-9-6-10-16-27)32(40-23-28-17-11-7-12-18-28)33(34(35,3)26-36)41-24-29-19-13-8-14-20-29/h6-20,30,32-33,36H,4-5,21-26H2,1-3H3/t30-,32+,33+,34-/m1/s1. The maximum absolute atomic E-state index is 14.0. The quantitative estimate of drug-likeness (QED) is 0.205. The molecule has 1 aliphatic heterocycles. The van der Waals surface area contributed by atoms with Gasteiger partial charge in [0, 0.05) is 0 Å². The van der Waals surface area contributed by atoms with E-state index in [0.717, 1.165) is 16.7 Å². The van der Waals surface area contributed by atoms with Crippen LogP contribution in [0.2, 0.25) is 0 Å². The van der Waals surface area contributed by atoms with Gasteiger partial charge in [-0.05, 0) is 37.5 Å². The molecule has 0 unspecified atom stereocenters. The van der Waals surface area contributed by atoms with Crippen molar-refractivity contribution in [2.45, 2.75) is 64.4 Å². The molecule has 1 aliphatic rings. The van der Waals surface area contributed by atoms with Gasteiger partial charge < -0.3 is 33.3 Å². The summed E-state index contributed by atoms with van der Waals surface area (Å²) in [6.45, 7) is 5.83. The molecule has 0 spiro atoms. The van der Waals surface area contributed by atoms with Crippen LogP contribution in [0.3, 0.4) is 0 Å². The van der Waals surface area contributed by atoms with Gasteiger partial charge in [0.15, 0.2) is 0 Å². The molecule has 9 nitrogen and oxygen atoms in total. The van der Waals surface area contributed by atoms with Crippen molar-refractivity contribution in [3.05, 3.63) is 108 Å². The molecule has 1 amide bonds. The van der Waals surface area contributed by atoms with E-state index in [1.807, 2.05) is 91.0 Å². The molecule has 10 heteroatoms. The SMILES string of the molecule is CCOP(=O)(CC(=O)N1C[C@@H](OCc2ccccc2)[C@H](OCc2ccccc2)[C@H](OCc2ccccc2)[C@@]1(C)CO)OCC. The lowest BCUT2D eigenvalue weighted by molar-refractivity contribution is -0.232. The molecule has 3 aromatic rings. The Kier molecular flexibility index (Phi) is 12.7. The third kappa shape index (κ3) is 8.86. The topological polar surface area (TPSA) is 104 Å². The molecule has 0 saturated carbocycles. The van der Waals surface area contributed by atoms with E-state index >= 15 is 0 Å². The summed E-state index contributed by atoms with van der Waals surface area (Å²) < 4.78 is 43.9. The van der Waals surface area contributed by atoms with E-state index in [1.165, 1.54) is 4.90 Å². The first kappa shape index (κ1) is 34.0. The van der Waals surface area contributed by atoms with E-state index in [1.54, 1.807) is 20.8 Å². The minimum absolute atomic E-state index is 0.0750. The van der Waals surface area contributed by atoms with Crippen LogP contribution < -0.4 is 0 Å². The highest BCUT2D eigenvalue weighted by molar-refractivity contribution is 7.54. The fourth-order valence-corrected chi connectivity index (χ4v) is 7.00. The van der Waals surface area contributed by atoms with Crippen molar-refractivity contribution < 1.29 is 37.7 Å². The Morgan fingerprint density at radius 2 is 1.25 bits per heavy atom. The zero-order valence-corrected chi connectivity index (χ0v) is 26.6. The molecule has 4 atom stereocenters. The molecule has 1 N–H and O–H groups in total. The number of piperidine rings is 1. The lowest BCUT2D eigenvalue weighted by atomic mass is 9.82. The van der Waals surface area contributed by atoms with Crippen LogP contribution in [0.1, 0.15) is 37.5 Å². The Morgan fingerprint density at radius 1 is 0.795 bits per heavy atom. The normalized spacial score (nSPS) is 22.2. The average molecular weight is 626 g/mol. The number of benzene rings is 3. The van der Waals surface area contributed by atoms with Crippen molar-refractivity contribution in [3.63, 3.8) is 0 Å². The number of amides is 1.